The van der Waals surface area contributed by atoms with Crippen molar-refractivity contribution in [2.75, 3.05) is 0 Å². The maximum Gasteiger partial charge on any atom is 0.326 e. The number of rotatable bonds is 4. The van der Waals surface area contributed by atoms with Gasteiger partial charge in [0.25, 0.3) is 5.56 Å². The zero-order chi connectivity index (χ0) is 16.4. The van der Waals surface area contributed by atoms with Crippen molar-refractivity contribution < 1.29 is 0 Å². The molecule has 0 saturated carbocycles. The van der Waals surface area contributed by atoms with Crippen LogP contribution >= 0.6 is 23.2 Å². The van der Waals surface area contributed by atoms with E-state index >= 15 is 0 Å². The van der Waals surface area contributed by atoms with Crippen LogP contribution in [0.5, 0.6) is 0 Å². The first-order valence-corrected chi connectivity index (χ1v) is 7.55. The van der Waals surface area contributed by atoms with Crippen molar-refractivity contribution in [3.8, 4) is 0 Å². The summed E-state index contributed by atoms with van der Waals surface area (Å²) in [6, 6.07) is 7.16. The SMILES string of the molecule is O=c1[nH]c(=O)c2ncc(CNCc3cccc(Cl)c3Cl)cc2[nH]1. The Morgan fingerprint density at radius 3 is 2.78 bits per heavy atom. The van der Waals surface area contributed by atoms with Crippen LogP contribution in [-0.4, -0.2) is 15.0 Å². The third-order valence-corrected chi connectivity index (χ3v) is 4.17. The monoisotopic (exact) mass is 350 g/mol. The lowest BCUT2D eigenvalue weighted by Gasteiger charge is -2.08. The van der Waals surface area contributed by atoms with Gasteiger partial charge in [-0.15, -0.1) is 0 Å². The van der Waals surface area contributed by atoms with Gasteiger partial charge < -0.3 is 10.3 Å². The number of nitrogens with one attached hydrogen (secondary N) is 3. The predicted octanol–water partition coefficient (Wildman–Crippen LogP) is 2.21. The van der Waals surface area contributed by atoms with Gasteiger partial charge in [0.15, 0.2) is 5.52 Å². The minimum Gasteiger partial charge on any atom is -0.309 e. The van der Waals surface area contributed by atoms with Crippen LogP contribution in [0.3, 0.4) is 0 Å². The number of pyridine rings is 1. The maximum atomic E-state index is 11.6. The quantitative estimate of drug-likeness (QED) is 0.672. The van der Waals surface area contributed by atoms with Gasteiger partial charge in [-0.2, -0.15) is 0 Å². The van der Waals surface area contributed by atoms with Crippen molar-refractivity contribution in [2.24, 2.45) is 0 Å². The van der Waals surface area contributed by atoms with Crippen LogP contribution in [0.4, 0.5) is 0 Å². The maximum absolute atomic E-state index is 11.6. The molecule has 1 aromatic carbocycles. The molecule has 0 bridgehead atoms. The largest absolute Gasteiger partial charge is 0.326 e. The lowest BCUT2D eigenvalue weighted by molar-refractivity contribution is 0.692. The number of benzene rings is 1. The van der Waals surface area contributed by atoms with E-state index in [1.807, 2.05) is 12.1 Å². The molecule has 6 nitrogen and oxygen atoms in total. The van der Waals surface area contributed by atoms with Gasteiger partial charge in [-0.25, -0.2) is 9.78 Å². The molecule has 8 heteroatoms. The molecule has 0 fully saturated rings. The van der Waals surface area contributed by atoms with Crippen molar-refractivity contribution in [2.45, 2.75) is 13.1 Å². The Labute approximate surface area is 140 Å². The molecule has 0 spiro atoms. The van der Waals surface area contributed by atoms with Crippen LogP contribution in [0.15, 0.2) is 40.1 Å². The van der Waals surface area contributed by atoms with E-state index in [1.54, 1.807) is 18.3 Å². The van der Waals surface area contributed by atoms with Crippen molar-refractivity contribution >= 4 is 34.2 Å². The Balaban J connectivity index is 1.76. The van der Waals surface area contributed by atoms with Crippen LogP contribution in [0.25, 0.3) is 11.0 Å². The number of aromatic nitrogens is 3. The summed E-state index contributed by atoms with van der Waals surface area (Å²) in [5, 5.41) is 4.25. The van der Waals surface area contributed by atoms with Crippen LogP contribution in [0, 0.1) is 0 Å². The molecule has 0 aliphatic heterocycles. The van der Waals surface area contributed by atoms with E-state index in [2.05, 4.69) is 20.3 Å². The highest BCUT2D eigenvalue weighted by Crippen LogP contribution is 2.25. The minimum atomic E-state index is -0.555. The minimum absolute atomic E-state index is 0.200. The molecule has 0 radical (unpaired) electrons. The molecule has 0 aliphatic carbocycles. The van der Waals surface area contributed by atoms with Gasteiger partial charge in [0, 0.05) is 19.3 Å². The summed E-state index contributed by atoms with van der Waals surface area (Å²) in [5.41, 5.74) is 1.26. The molecule has 0 amide bonds. The third-order valence-electron chi connectivity index (χ3n) is 3.31. The Hall–Kier alpha value is -2.15. The normalized spacial score (nSPS) is 11.0. The molecule has 0 aliphatic rings. The Kier molecular flexibility index (Phi) is 4.47. The first-order chi connectivity index (χ1) is 11.0. The summed E-state index contributed by atoms with van der Waals surface area (Å²) < 4.78 is 0. The van der Waals surface area contributed by atoms with Crippen LogP contribution in [0.1, 0.15) is 11.1 Å². The second-order valence-corrected chi connectivity index (χ2v) is 5.75. The number of aromatic amines is 2. The van der Waals surface area contributed by atoms with Crippen molar-refractivity contribution in [3.63, 3.8) is 0 Å². The van der Waals surface area contributed by atoms with Gasteiger partial charge in [-0.3, -0.25) is 9.78 Å². The molecule has 3 aromatic rings. The average molecular weight is 351 g/mol. The zero-order valence-corrected chi connectivity index (χ0v) is 13.3. The van der Waals surface area contributed by atoms with E-state index in [4.69, 9.17) is 23.2 Å². The van der Waals surface area contributed by atoms with Crippen LogP contribution < -0.4 is 16.6 Å². The van der Waals surface area contributed by atoms with Crippen molar-refractivity contribution in [1.82, 2.24) is 20.3 Å². The fraction of sp³-hybridized carbons (Fsp3) is 0.133. The molecule has 118 valence electrons. The molecule has 23 heavy (non-hydrogen) atoms. The lowest BCUT2D eigenvalue weighted by atomic mass is 10.2. The first kappa shape index (κ1) is 15.7. The van der Waals surface area contributed by atoms with Crippen LogP contribution in [0.2, 0.25) is 10.0 Å². The van der Waals surface area contributed by atoms with Gasteiger partial charge in [0.2, 0.25) is 0 Å². The van der Waals surface area contributed by atoms with Crippen molar-refractivity contribution in [3.05, 3.63) is 72.5 Å². The summed E-state index contributed by atoms with van der Waals surface area (Å²) in [7, 11) is 0. The van der Waals surface area contributed by atoms with E-state index in [1.165, 1.54) is 0 Å². The summed E-state index contributed by atoms with van der Waals surface area (Å²) >= 11 is 12.1. The summed E-state index contributed by atoms with van der Waals surface area (Å²) in [6.45, 7) is 1.03. The topological polar surface area (TPSA) is 90.6 Å². The van der Waals surface area contributed by atoms with E-state index < -0.39 is 11.2 Å². The smallest absolute Gasteiger partial charge is 0.309 e. The number of nitrogens with zero attached hydrogens (tertiary/aromatic N) is 1. The summed E-state index contributed by atoms with van der Waals surface area (Å²) in [5.74, 6) is 0. The Bertz CT molecular complexity index is 981. The highest BCUT2D eigenvalue weighted by Gasteiger charge is 2.06. The molecular formula is C15H12Cl2N4O2. The Morgan fingerprint density at radius 1 is 1.13 bits per heavy atom. The van der Waals surface area contributed by atoms with Gasteiger partial charge in [-0.1, -0.05) is 35.3 Å². The number of hydrogen-bond acceptors (Lipinski definition) is 4. The number of H-pyrrole nitrogens is 2. The molecule has 2 aromatic heterocycles. The molecule has 2 heterocycles. The summed E-state index contributed by atoms with van der Waals surface area (Å²) in [6.07, 6.45) is 1.59. The van der Waals surface area contributed by atoms with Gasteiger partial charge in [0.1, 0.15) is 0 Å². The number of fused-ring (bicyclic) bond motifs is 1. The van der Waals surface area contributed by atoms with E-state index in [-0.39, 0.29) is 5.52 Å². The molecular weight excluding hydrogens is 339 g/mol. The average Bonchev–Trinajstić information content (AvgIpc) is 2.51. The molecule has 0 atom stereocenters. The molecule has 0 saturated heterocycles. The second-order valence-electron chi connectivity index (χ2n) is 4.96. The van der Waals surface area contributed by atoms with Crippen LogP contribution in [-0.2, 0) is 13.1 Å². The van der Waals surface area contributed by atoms with Gasteiger partial charge in [-0.05, 0) is 23.3 Å². The second kappa shape index (κ2) is 6.54. The fourth-order valence-electron chi connectivity index (χ4n) is 2.22. The number of hydrogen-bond donors (Lipinski definition) is 3. The summed E-state index contributed by atoms with van der Waals surface area (Å²) in [4.78, 5) is 31.7. The highest BCUT2D eigenvalue weighted by molar-refractivity contribution is 6.42. The zero-order valence-electron chi connectivity index (χ0n) is 11.8. The highest BCUT2D eigenvalue weighted by atomic mass is 35.5. The van der Waals surface area contributed by atoms with Gasteiger partial charge in [0.05, 0.1) is 15.6 Å². The Morgan fingerprint density at radius 2 is 1.96 bits per heavy atom. The molecule has 3 N–H and O–H groups in total. The van der Waals surface area contributed by atoms with E-state index in [9.17, 15) is 9.59 Å². The van der Waals surface area contributed by atoms with E-state index in [0.29, 0.717) is 28.7 Å². The predicted molar refractivity (Wildman–Crippen MR) is 90.0 cm³/mol. The lowest BCUT2D eigenvalue weighted by Crippen LogP contribution is -2.23. The number of halogens is 2. The van der Waals surface area contributed by atoms with E-state index in [0.717, 1.165) is 11.1 Å². The molecule has 0 unspecified atom stereocenters. The van der Waals surface area contributed by atoms with Crippen molar-refractivity contribution in [1.29, 1.82) is 0 Å². The third kappa shape index (κ3) is 3.44. The standard InChI is InChI=1S/C15H12Cl2N4O2/c16-10-3-1-2-9(12(10)17)7-18-5-8-4-11-13(19-6-8)14(22)21-15(23)20-11/h1-4,6,18H,5,7H2,(H2,20,21,22,23). The molecule has 3 rings (SSSR count). The van der Waals surface area contributed by atoms with Gasteiger partial charge >= 0.3 is 5.69 Å². The first-order valence-electron chi connectivity index (χ1n) is 6.79. The fourth-order valence-corrected chi connectivity index (χ4v) is 2.61.